The fraction of sp³-hybridized carbons (Fsp3) is 0.417. The summed E-state index contributed by atoms with van der Waals surface area (Å²) in [5.41, 5.74) is 1.12. The third-order valence-electron chi connectivity index (χ3n) is 3.21. The zero-order valence-corrected chi connectivity index (χ0v) is 11.4. The van der Waals surface area contributed by atoms with Gasteiger partial charge in [0.15, 0.2) is 0 Å². The molecule has 1 saturated heterocycles. The molecule has 1 aliphatic rings. The third kappa shape index (κ3) is 1.79. The molecule has 4 heteroatoms. The number of hydrogen-bond donors (Lipinski definition) is 1. The van der Waals surface area contributed by atoms with Crippen LogP contribution in [0.15, 0.2) is 22.7 Å². The Hall–Kier alpha value is -0.450. The Morgan fingerprint density at radius 2 is 2.38 bits per heavy atom. The predicted molar refractivity (Wildman–Crippen MR) is 72.1 cm³/mol. The molecule has 0 radical (unpaired) electrons. The van der Waals surface area contributed by atoms with Gasteiger partial charge in [0.1, 0.15) is 0 Å². The Bertz CT molecular complexity index is 523. The maximum atomic E-state index is 4.75. The van der Waals surface area contributed by atoms with Gasteiger partial charge < -0.3 is 5.32 Å². The van der Waals surface area contributed by atoms with Crippen molar-refractivity contribution in [2.75, 3.05) is 6.54 Å². The molecule has 0 bridgehead atoms. The van der Waals surface area contributed by atoms with Gasteiger partial charge in [-0.25, -0.2) is 4.98 Å². The summed E-state index contributed by atoms with van der Waals surface area (Å²) in [4.78, 5) is 4.75. The van der Waals surface area contributed by atoms with Gasteiger partial charge >= 0.3 is 0 Å². The van der Waals surface area contributed by atoms with Crippen LogP contribution in [-0.4, -0.2) is 17.6 Å². The number of fused-ring (bicyclic) bond motifs is 1. The Labute approximate surface area is 107 Å². The summed E-state index contributed by atoms with van der Waals surface area (Å²) in [6.07, 6.45) is 1.21. The van der Waals surface area contributed by atoms with Gasteiger partial charge in [0.05, 0.1) is 15.2 Å². The summed E-state index contributed by atoms with van der Waals surface area (Å²) in [6, 6.07) is 6.89. The van der Waals surface area contributed by atoms with Crippen LogP contribution in [0, 0.1) is 0 Å². The van der Waals surface area contributed by atoms with E-state index < -0.39 is 0 Å². The van der Waals surface area contributed by atoms with Gasteiger partial charge in [0.25, 0.3) is 0 Å². The summed E-state index contributed by atoms with van der Waals surface area (Å²) in [7, 11) is 0. The Morgan fingerprint density at radius 3 is 3.12 bits per heavy atom. The van der Waals surface area contributed by atoms with Crippen LogP contribution < -0.4 is 5.32 Å². The van der Waals surface area contributed by atoms with Crippen molar-refractivity contribution in [3.05, 3.63) is 27.7 Å². The van der Waals surface area contributed by atoms with E-state index in [1.807, 2.05) is 11.3 Å². The van der Waals surface area contributed by atoms with Crippen LogP contribution in [0.5, 0.6) is 0 Å². The van der Waals surface area contributed by atoms with Crippen molar-refractivity contribution < 1.29 is 0 Å². The highest BCUT2D eigenvalue weighted by Crippen LogP contribution is 2.34. The minimum Gasteiger partial charge on any atom is -0.314 e. The fourth-order valence-corrected chi connectivity index (χ4v) is 3.81. The lowest BCUT2D eigenvalue weighted by molar-refractivity contribution is 0.593. The molecule has 0 amide bonds. The predicted octanol–water partition coefficient (Wildman–Crippen LogP) is 3.52. The van der Waals surface area contributed by atoms with E-state index >= 15 is 0 Å². The summed E-state index contributed by atoms with van der Waals surface area (Å²) >= 11 is 5.32. The average molecular weight is 297 g/mol. The van der Waals surface area contributed by atoms with Crippen molar-refractivity contribution in [1.82, 2.24) is 10.3 Å². The largest absolute Gasteiger partial charge is 0.314 e. The van der Waals surface area contributed by atoms with Gasteiger partial charge in [-0.2, -0.15) is 0 Å². The highest BCUT2D eigenvalue weighted by atomic mass is 79.9. The number of rotatable bonds is 1. The van der Waals surface area contributed by atoms with Gasteiger partial charge in [-0.3, -0.25) is 0 Å². The van der Waals surface area contributed by atoms with Crippen LogP contribution in [0.1, 0.15) is 24.3 Å². The first-order valence-corrected chi connectivity index (χ1v) is 7.14. The molecule has 2 nitrogen and oxygen atoms in total. The molecule has 1 N–H and O–H groups in total. The first kappa shape index (κ1) is 10.7. The van der Waals surface area contributed by atoms with Gasteiger partial charge in [-0.15, -0.1) is 11.3 Å². The lowest BCUT2D eigenvalue weighted by Gasteiger charge is -2.10. The van der Waals surface area contributed by atoms with Gasteiger partial charge in [-0.1, -0.05) is 15.9 Å². The molecule has 2 heterocycles. The molecule has 1 aliphatic heterocycles. The van der Waals surface area contributed by atoms with Crippen molar-refractivity contribution in [1.29, 1.82) is 0 Å². The standard InChI is InChI=1S/C12H13BrN2S/c1-7-9(4-5-14-7)12-15-10-6-8(13)2-3-11(10)16-12/h2-3,6-7,9,14H,4-5H2,1H3. The Kier molecular flexibility index (Phi) is 2.73. The monoisotopic (exact) mass is 296 g/mol. The lowest BCUT2D eigenvalue weighted by Crippen LogP contribution is -2.21. The molecule has 0 aliphatic carbocycles. The van der Waals surface area contributed by atoms with E-state index in [9.17, 15) is 0 Å². The highest BCUT2D eigenvalue weighted by Gasteiger charge is 2.27. The number of nitrogens with one attached hydrogen (secondary N) is 1. The Morgan fingerprint density at radius 1 is 1.50 bits per heavy atom. The maximum absolute atomic E-state index is 4.75. The van der Waals surface area contributed by atoms with E-state index in [2.05, 4.69) is 46.4 Å². The van der Waals surface area contributed by atoms with E-state index in [1.54, 1.807) is 0 Å². The number of thiazole rings is 1. The SMILES string of the molecule is CC1NCCC1c1nc2cc(Br)ccc2s1. The molecule has 3 rings (SSSR count). The minimum atomic E-state index is 0.559. The molecular formula is C12H13BrN2S. The second-order valence-corrected chi connectivity index (χ2v) is 6.28. The average Bonchev–Trinajstić information content (AvgIpc) is 2.82. The van der Waals surface area contributed by atoms with Crippen molar-refractivity contribution in [2.24, 2.45) is 0 Å². The van der Waals surface area contributed by atoms with Gasteiger partial charge in [-0.05, 0) is 38.1 Å². The van der Waals surface area contributed by atoms with Crippen LogP contribution in [0.3, 0.4) is 0 Å². The summed E-state index contributed by atoms with van der Waals surface area (Å²) < 4.78 is 2.40. The minimum absolute atomic E-state index is 0.559. The molecule has 0 saturated carbocycles. The van der Waals surface area contributed by atoms with Crippen molar-refractivity contribution in [3.8, 4) is 0 Å². The van der Waals surface area contributed by atoms with E-state index in [0.29, 0.717) is 12.0 Å². The van der Waals surface area contributed by atoms with Crippen LogP contribution in [0.4, 0.5) is 0 Å². The van der Waals surface area contributed by atoms with Gasteiger partial charge in [0.2, 0.25) is 0 Å². The second-order valence-electron chi connectivity index (χ2n) is 4.30. The molecule has 16 heavy (non-hydrogen) atoms. The first-order chi connectivity index (χ1) is 7.74. The lowest BCUT2D eigenvalue weighted by atomic mass is 10.0. The normalized spacial score (nSPS) is 25.4. The number of aromatic nitrogens is 1. The molecule has 2 atom stereocenters. The van der Waals surface area contributed by atoms with Gasteiger partial charge in [0, 0.05) is 16.4 Å². The van der Waals surface area contributed by atoms with Crippen LogP contribution in [-0.2, 0) is 0 Å². The summed E-state index contributed by atoms with van der Waals surface area (Å²) in [5, 5.41) is 4.76. The number of benzene rings is 1. The molecule has 2 unspecified atom stereocenters. The van der Waals surface area contributed by atoms with E-state index in [1.165, 1.54) is 16.1 Å². The molecule has 2 aromatic rings. The topological polar surface area (TPSA) is 24.9 Å². The summed E-state index contributed by atoms with van der Waals surface area (Å²) in [6.45, 7) is 3.37. The van der Waals surface area contributed by atoms with Crippen LogP contribution in [0.25, 0.3) is 10.2 Å². The molecule has 1 aromatic carbocycles. The van der Waals surface area contributed by atoms with Crippen LogP contribution in [0.2, 0.25) is 0 Å². The smallest absolute Gasteiger partial charge is 0.0985 e. The number of nitrogens with zero attached hydrogens (tertiary/aromatic N) is 1. The van der Waals surface area contributed by atoms with E-state index in [-0.39, 0.29) is 0 Å². The van der Waals surface area contributed by atoms with Crippen molar-refractivity contribution in [2.45, 2.75) is 25.3 Å². The number of halogens is 1. The molecular weight excluding hydrogens is 284 g/mol. The van der Waals surface area contributed by atoms with E-state index in [0.717, 1.165) is 16.5 Å². The first-order valence-electron chi connectivity index (χ1n) is 5.53. The highest BCUT2D eigenvalue weighted by molar-refractivity contribution is 9.10. The quantitative estimate of drug-likeness (QED) is 0.871. The summed E-state index contributed by atoms with van der Waals surface area (Å²) in [5.74, 6) is 0.594. The fourth-order valence-electron chi connectivity index (χ4n) is 2.27. The zero-order valence-electron chi connectivity index (χ0n) is 9.03. The van der Waals surface area contributed by atoms with E-state index in [4.69, 9.17) is 4.98 Å². The number of hydrogen-bond acceptors (Lipinski definition) is 3. The molecule has 1 aromatic heterocycles. The maximum Gasteiger partial charge on any atom is 0.0985 e. The molecule has 84 valence electrons. The third-order valence-corrected chi connectivity index (χ3v) is 4.87. The molecule has 0 spiro atoms. The second kappa shape index (κ2) is 4.09. The Balaban J connectivity index is 2.04. The van der Waals surface area contributed by atoms with Crippen molar-refractivity contribution >= 4 is 37.5 Å². The molecule has 1 fully saturated rings. The van der Waals surface area contributed by atoms with Crippen molar-refractivity contribution in [3.63, 3.8) is 0 Å². The zero-order chi connectivity index (χ0) is 11.1. The van der Waals surface area contributed by atoms with Crippen LogP contribution >= 0.6 is 27.3 Å².